The number of amides is 1. The summed E-state index contributed by atoms with van der Waals surface area (Å²) < 4.78 is 34.6. The summed E-state index contributed by atoms with van der Waals surface area (Å²) in [4.78, 5) is 13.0. The first kappa shape index (κ1) is 27.1. The Morgan fingerprint density at radius 2 is 1.63 bits per heavy atom. The topological polar surface area (TPSA) is 128 Å². The Morgan fingerprint density at radius 3 is 2.23 bits per heavy atom. The van der Waals surface area contributed by atoms with Crippen LogP contribution in [0, 0.1) is 0 Å². The lowest BCUT2D eigenvalue weighted by atomic mass is 9.68. The highest BCUT2D eigenvalue weighted by molar-refractivity contribution is 7.87. The van der Waals surface area contributed by atoms with Gasteiger partial charge in [0.05, 0.1) is 25.9 Å². The smallest absolute Gasteiger partial charge is 0.279 e. The fourth-order valence-electron chi connectivity index (χ4n) is 4.68. The highest BCUT2D eigenvalue weighted by Crippen LogP contribution is 2.39. The van der Waals surface area contributed by atoms with Crippen LogP contribution in [-0.4, -0.2) is 74.8 Å². The molecule has 192 valence electrons. The monoisotopic (exact) mass is 505 g/mol. The summed E-state index contributed by atoms with van der Waals surface area (Å²) in [5.41, 5.74) is 1.23. The van der Waals surface area contributed by atoms with Crippen LogP contribution in [0.15, 0.2) is 54.6 Å². The molecule has 0 bridgehead atoms. The zero-order valence-corrected chi connectivity index (χ0v) is 20.8. The summed E-state index contributed by atoms with van der Waals surface area (Å²) >= 11 is 0. The lowest BCUT2D eigenvalue weighted by molar-refractivity contribution is 0.0932. The number of nitrogens with one attached hydrogen (secondary N) is 2. The van der Waals surface area contributed by atoms with Crippen molar-refractivity contribution < 1.29 is 28.2 Å². The van der Waals surface area contributed by atoms with E-state index in [1.54, 1.807) is 18.2 Å². The normalized spacial score (nSPS) is 20.5. The number of aliphatic hydroxyl groups excluding tert-OH is 2. The molecule has 3 rings (SSSR count). The molecule has 1 saturated carbocycles. The zero-order valence-electron chi connectivity index (χ0n) is 20.0. The number of rotatable bonds is 12. The second kappa shape index (κ2) is 12.5. The van der Waals surface area contributed by atoms with Gasteiger partial charge in [0.2, 0.25) is 0 Å². The van der Waals surface area contributed by atoms with Gasteiger partial charge < -0.3 is 20.3 Å². The number of nitrogens with zero attached hydrogens (tertiary/aromatic N) is 1. The number of ether oxygens (including phenoxy) is 1. The van der Waals surface area contributed by atoms with E-state index < -0.39 is 10.2 Å². The Hall–Kier alpha value is -2.50. The van der Waals surface area contributed by atoms with Crippen LogP contribution in [0.25, 0.3) is 0 Å². The highest BCUT2D eigenvalue weighted by Gasteiger charge is 2.39. The summed E-state index contributed by atoms with van der Waals surface area (Å²) in [6.45, 7) is -0.394. The maximum absolute atomic E-state index is 13.0. The zero-order chi connectivity index (χ0) is 25.3. The first-order chi connectivity index (χ1) is 16.8. The third kappa shape index (κ3) is 6.80. The van der Waals surface area contributed by atoms with Crippen molar-refractivity contribution in [3.8, 4) is 5.75 Å². The van der Waals surface area contributed by atoms with Crippen molar-refractivity contribution in [3.05, 3.63) is 65.7 Å². The van der Waals surface area contributed by atoms with E-state index in [9.17, 15) is 23.4 Å². The van der Waals surface area contributed by atoms with Gasteiger partial charge in [0.25, 0.3) is 16.1 Å². The standard InChI is InChI=1S/C25H35N3O6S/c1-34-23-10-6-5-9-22(23)24(31)26-19-25(20-7-3-2-4-8-20)13-11-21(12-14-25)27-35(32,33)28(15-17-29)16-18-30/h2-10,21,27,29-30H,11-19H2,1H3,(H,26,31)/t21-,25-. The molecule has 2 aromatic carbocycles. The fourth-order valence-corrected chi connectivity index (χ4v) is 6.13. The lowest BCUT2D eigenvalue weighted by Gasteiger charge is -2.41. The van der Waals surface area contributed by atoms with E-state index in [0.717, 1.165) is 9.87 Å². The van der Waals surface area contributed by atoms with Crippen molar-refractivity contribution in [2.45, 2.75) is 37.1 Å². The SMILES string of the molecule is COc1ccccc1C(=O)NC[C@]1(c2ccccc2)CC[C@H](NS(=O)(=O)N(CCO)CCO)CC1. The predicted octanol–water partition coefficient (Wildman–Crippen LogP) is 1.43. The van der Waals surface area contributed by atoms with Crippen molar-refractivity contribution in [1.29, 1.82) is 0 Å². The molecule has 1 aliphatic rings. The van der Waals surface area contributed by atoms with E-state index in [1.165, 1.54) is 7.11 Å². The van der Waals surface area contributed by atoms with E-state index in [4.69, 9.17) is 4.74 Å². The summed E-state index contributed by atoms with van der Waals surface area (Å²) in [6.07, 6.45) is 2.53. The highest BCUT2D eigenvalue weighted by atomic mass is 32.2. The van der Waals surface area contributed by atoms with Gasteiger partial charge in [-0.15, -0.1) is 0 Å². The van der Waals surface area contributed by atoms with Crippen LogP contribution in [-0.2, 0) is 15.6 Å². The Bertz CT molecular complexity index is 1050. The molecular weight excluding hydrogens is 470 g/mol. The summed E-state index contributed by atoms with van der Waals surface area (Å²) in [6, 6.07) is 16.8. The maximum atomic E-state index is 13.0. The number of para-hydroxylation sites is 1. The third-order valence-corrected chi connectivity index (χ3v) is 8.30. The quantitative estimate of drug-likeness (QED) is 0.346. The molecule has 2 aromatic rings. The van der Waals surface area contributed by atoms with Gasteiger partial charge in [0, 0.05) is 31.1 Å². The van der Waals surface area contributed by atoms with Crippen molar-refractivity contribution in [2.75, 3.05) is 40.0 Å². The van der Waals surface area contributed by atoms with Crippen LogP contribution in [0.3, 0.4) is 0 Å². The van der Waals surface area contributed by atoms with Gasteiger partial charge in [-0.25, -0.2) is 0 Å². The van der Waals surface area contributed by atoms with Crippen LogP contribution in [0.1, 0.15) is 41.6 Å². The number of aliphatic hydroxyl groups is 2. The lowest BCUT2D eigenvalue weighted by Crippen LogP contribution is -2.51. The van der Waals surface area contributed by atoms with Crippen molar-refractivity contribution in [1.82, 2.24) is 14.3 Å². The average Bonchev–Trinajstić information content (AvgIpc) is 2.88. The summed E-state index contributed by atoms with van der Waals surface area (Å²) in [7, 11) is -2.31. The molecule has 0 radical (unpaired) electrons. The molecule has 1 fully saturated rings. The summed E-state index contributed by atoms with van der Waals surface area (Å²) in [5, 5.41) is 21.5. The minimum Gasteiger partial charge on any atom is -0.496 e. The third-order valence-electron chi connectivity index (χ3n) is 6.62. The fraction of sp³-hybridized carbons (Fsp3) is 0.480. The van der Waals surface area contributed by atoms with Gasteiger partial charge in [-0.05, 0) is 43.4 Å². The molecule has 1 amide bonds. The molecule has 1 aliphatic carbocycles. The van der Waals surface area contributed by atoms with E-state index in [2.05, 4.69) is 10.0 Å². The Morgan fingerprint density at radius 1 is 1.03 bits per heavy atom. The van der Waals surface area contributed by atoms with Crippen LogP contribution < -0.4 is 14.8 Å². The number of hydrogen-bond acceptors (Lipinski definition) is 6. The van der Waals surface area contributed by atoms with E-state index in [1.807, 2.05) is 36.4 Å². The van der Waals surface area contributed by atoms with E-state index in [0.29, 0.717) is 43.5 Å². The Kier molecular flexibility index (Phi) is 9.64. The molecule has 0 aliphatic heterocycles. The van der Waals surface area contributed by atoms with Crippen LogP contribution in [0.4, 0.5) is 0 Å². The largest absolute Gasteiger partial charge is 0.496 e. The van der Waals surface area contributed by atoms with Crippen LogP contribution >= 0.6 is 0 Å². The molecule has 0 saturated heterocycles. The van der Waals surface area contributed by atoms with Crippen LogP contribution in [0.2, 0.25) is 0 Å². The number of methoxy groups -OCH3 is 1. The van der Waals surface area contributed by atoms with Gasteiger partial charge in [0.15, 0.2) is 0 Å². The number of hydrogen-bond donors (Lipinski definition) is 4. The predicted molar refractivity (Wildman–Crippen MR) is 134 cm³/mol. The number of carbonyl (C=O) groups is 1. The van der Waals surface area contributed by atoms with Gasteiger partial charge in [-0.1, -0.05) is 42.5 Å². The van der Waals surface area contributed by atoms with Crippen molar-refractivity contribution >= 4 is 16.1 Å². The van der Waals surface area contributed by atoms with Crippen molar-refractivity contribution in [3.63, 3.8) is 0 Å². The molecule has 9 nitrogen and oxygen atoms in total. The Balaban J connectivity index is 1.72. The van der Waals surface area contributed by atoms with E-state index in [-0.39, 0.29) is 43.7 Å². The van der Waals surface area contributed by atoms with Crippen LogP contribution in [0.5, 0.6) is 5.75 Å². The first-order valence-electron chi connectivity index (χ1n) is 11.8. The second-order valence-electron chi connectivity index (χ2n) is 8.77. The molecule has 0 aromatic heterocycles. The van der Waals surface area contributed by atoms with Gasteiger partial charge >= 0.3 is 0 Å². The molecule has 0 heterocycles. The average molecular weight is 506 g/mol. The van der Waals surface area contributed by atoms with Gasteiger partial charge in [-0.3, -0.25) is 4.79 Å². The molecule has 0 atom stereocenters. The van der Waals surface area contributed by atoms with Gasteiger partial charge in [0.1, 0.15) is 5.75 Å². The Labute approximate surface area is 207 Å². The molecule has 35 heavy (non-hydrogen) atoms. The molecule has 0 spiro atoms. The minimum atomic E-state index is -3.84. The molecule has 10 heteroatoms. The van der Waals surface area contributed by atoms with E-state index >= 15 is 0 Å². The second-order valence-corrected chi connectivity index (χ2v) is 10.5. The van der Waals surface area contributed by atoms with Gasteiger partial charge in [-0.2, -0.15) is 17.4 Å². The summed E-state index contributed by atoms with van der Waals surface area (Å²) in [5.74, 6) is 0.288. The van der Waals surface area contributed by atoms with Crippen molar-refractivity contribution in [2.24, 2.45) is 0 Å². The molecular formula is C25H35N3O6S. The maximum Gasteiger partial charge on any atom is 0.279 e. The number of carbonyl (C=O) groups excluding carboxylic acids is 1. The minimum absolute atomic E-state index is 0.0778. The molecule has 4 N–H and O–H groups in total. The number of benzene rings is 2. The molecule has 0 unspecified atom stereocenters. The first-order valence-corrected chi connectivity index (χ1v) is 13.2.